The van der Waals surface area contributed by atoms with Crippen LogP contribution in [0.5, 0.6) is 0 Å². The monoisotopic (exact) mass is 437 g/mol. The van der Waals surface area contributed by atoms with Crippen LogP contribution in [0, 0.1) is 12.8 Å². The molecule has 29 heavy (non-hydrogen) atoms. The second kappa shape index (κ2) is 8.88. The van der Waals surface area contributed by atoms with Gasteiger partial charge in [-0.25, -0.2) is 13.1 Å². The summed E-state index contributed by atoms with van der Waals surface area (Å²) >= 11 is 6.46. The molecule has 1 fully saturated rings. The van der Waals surface area contributed by atoms with Crippen LogP contribution < -0.4 is 5.32 Å². The van der Waals surface area contributed by atoms with Gasteiger partial charge in [-0.2, -0.15) is 5.10 Å². The number of para-hydroxylation sites is 1. The van der Waals surface area contributed by atoms with E-state index in [1.54, 1.807) is 6.92 Å². The van der Waals surface area contributed by atoms with Crippen molar-refractivity contribution in [3.63, 3.8) is 0 Å². The van der Waals surface area contributed by atoms with Gasteiger partial charge in [0.1, 0.15) is 10.4 Å². The Morgan fingerprint density at radius 2 is 1.93 bits per heavy atom. The maximum absolute atomic E-state index is 13.0. The fourth-order valence-corrected chi connectivity index (χ4v) is 5.57. The Bertz CT molecular complexity index is 973. The van der Waals surface area contributed by atoms with Crippen molar-refractivity contribution < 1.29 is 13.2 Å². The SMILES string of the molecule is Cc1nn(-c2ccccc2)c(Cl)c1CS(=O)(=O)C(C)C(=O)NC1CCCCC1C. The van der Waals surface area contributed by atoms with E-state index < -0.39 is 21.0 Å². The van der Waals surface area contributed by atoms with Gasteiger partial charge in [-0.1, -0.05) is 49.6 Å². The van der Waals surface area contributed by atoms with Crippen molar-refractivity contribution in [2.24, 2.45) is 5.92 Å². The number of benzene rings is 1. The van der Waals surface area contributed by atoms with Crippen molar-refractivity contribution >= 4 is 27.3 Å². The predicted molar refractivity (Wildman–Crippen MR) is 115 cm³/mol. The van der Waals surface area contributed by atoms with E-state index in [1.165, 1.54) is 11.6 Å². The van der Waals surface area contributed by atoms with Gasteiger partial charge < -0.3 is 5.32 Å². The molecule has 2 aromatic rings. The molecule has 0 saturated heterocycles. The molecule has 1 N–H and O–H groups in total. The molecule has 1 amide bonds. The van der Waals surface area contributed by atoms with E-state index in [-0.39, 0.29) is 16.9 Å². The molecule has 3 rings (SSSR count). The molecule has 1 aromatic heterocycles. The number of nitrogens with one attached hydrogen (secondary N) is 1. The van der Waals surface area contributed by atoms with Gasteiger partial charge in [0.05, 0.1) is 17.1 Å². The Hall–Kier alpha value is -1.86. The lowest BCUT2D eigenvalue weighted by Crippen LogP contribution is -2.47. The van der Waals surface area contributed by atoms with Crippen molar-refractivity contribution in [2.45, 2.75) is 63.5 Å². The van der Waals surface area contributed by atoms with Crippen LogP contribution in [0.4, 0.5) is 0 Å². The summed E-state index contributed by atoms with van der Waals surface area (Å²) in [6, 6.07) is 9.33. The van der Waals surface area contributed by atoms with Crippen LogP contribution in [0.1, 0.15) is 50.8 Å². The first-order valence-electron chi connectivity index (χ1n) is 10.0. The van der Waals surface area contributed by atoms with E-state index in [0.29, 0.717) is 17.2 Å². The summed E-state index contributed by atoms with van der Waals surface area (Å²) in [6.45, 7) is 5.28. The molecule has 0 bridgehead atoms. The maximum Gasteiger partial charge on any atom is 0.238 e. The minimum absolute atomic E-state index is 0.0417. The van der Waals surface area contributed by atoms with Gasteiger partial charge in [0.2, 0.25) is 5.91 Å². The third-order valence-electron chi connectivity index (χ3n) is 5.82. The summed E-state index contributed by atoms with van der Waals surface area (Å²) in [6.07, 6.45) is 4.17. The molecule has 0 spiro atoms. The van der Waals surface area contributed by atoms with Gasteiger partial charge in [0, 0.05) is 11.6 Å². The Morgan fingerprint density at radius 1 is 1.28 bits per heavy atom. The zero-order valence-electron chi connectivity index (χ0n) is 17.1. The van der Waals surface area contributed by atoms with E-state index in [1.807, 2.05) is 30.3 Å². The first-order valence-corrected chi connectivity index (χ1v) is 12.1. The third kappa shape index (κ3) is 4.83. The zero-order chi connectivity index (χ0) is 21.2. The summed E-state index contributed by atoms with van der Waals surface area (Å²) in [7, 11) is -3.74. The van der Waals surface area contributed by atoms with Gasteiger partial charge in [0.25, 0.3) is 0 Å². The number of sulfone groups is 1. The van der Waals surface area contributed by atoms with Crippen molar-refractivity contribution in [2.75, 3.05) is 0 Å². The molecular formula is C21H28ClN3O3S. The number of nitrogens with zero attached hydrogens (tertiary/aromatic N) is 2. The molecule has 1 heterocycles. The van der Waals surface area contributed by atoms with Crippen molar-refractivity contribution in [3.8, 4) is 5.69 Å². The van der Waals surface area contributed by atoms with Crippen LogP contribution in [0.15, 0.2) is 30.3 Å². The standard InChI is InChI=1S/C21H28ClN3O3S/c1-14-9-7-8-12-19(14)23-21(26)16(3)29(27,28)13-18-15(2)24-25(20(18)22)17-10-5-4-6-11-17/h4-6,10-11,14,16,19H,7-9,12-13H2,1-3H3,(H,23,26). The molecular weight excluding hydrogens is 410 g/mol. The number of halogens is 1. The van der Waals surface area contributed by atoms with Gasteiger partial charge >= 0.3 is 0 Å². The molecule has 6 nitrogen and oxygen atoms in total. The van der Waals surface area contributed by atoms with E-state index in [9.17, 15) is 13.2 Å². The molecule has 0 aliphatic heterocycles. The van der Waals surface area contributed by atoms with E-state index >= 15 is 0 Å². The number of aryl methyl sites for hydroxylation is 1. The molecule has 0 radical (unpaired) electrons. The first kappa shape index (κ1) is 21.8. The highest BCUT2D eigenvalue weighted by Crippen LogP contribution is 2.27. The fourth-order valence-electron chi connectivity index (χ4n) is 3.76. The number of rotatable bonds is 6. The number of hydrogen-bond donors (Lipinski definition) is 1. The minimum Gasteiger partial charge on any atom is -0.352 e. The summed E-state index contributed by atoms with van der Waals surface area (Å²) in [5, 5.41) is 6.45. The molecule has 1 aliphatic rings. The van der Waals surface area contributed by atoms with E-state index in [2.05, 4.69) is 17.3 Å². The fraction of sp³-hybridized carbons (Fsp3) is 0.524. The van der Waals surface area contributed by atoms with Crippen LogP contribution in [-0.2, 0) is 20.4 Å². The van der Waals surface area contributed by atoms with Crippen LogP contribution >= 0.6 is 11.6 Å². The Labute approximate surface area is 177 Å². The summed E-state index contributed by atoms with van der Waals surface area (Å²) in [5.41, 5.74) is 1.72. The Morgan fingerprint density at radius 3 is 2.59 bits per heavy atom. The van der Waals surface area contributed by atoms with Crippen LogP contribution in [-0.4, -0.2) is 35.4 Å². The second-order valence-corrected chi connectivity index (χ2v) is 10.6. The van der Waals surface area contributed by atoms with Gasteiger partial charge in [-0.05, 0) is 44.7 Å². The molecule has 3 atom stereocenters. The van der Waals surface area contributed by atoms with Crippen molar-refractivity contribution in [1.29, 1.82) is 0 Å². The lowest BCUT2D eigenvalue weighted by atomic mass is 9.86. The second-order valence-electron chi connectivity index (χ2n) is 7.93. The molecule has 158 valence electrons. The lowest BCUT2D eigenvalue weighted by Gasteiger charge is -2.30. The topological polar surface area (TPSA) is 81.1 Å². The van der Waals surface area contributed by atoms with E-state index in [4.69, 9.17) is 11.6 Å². The first-order chi connectivity index (χ1) is 13.7. The van der Waals surface area contributed by atoms with Crippen LogP contribution in [0.3, 0.4) is 0 Å². The summed E-state index contributed by atoms with van der Waals surface area (Å²) in [4.78, 5) is 12.6. The molecule has 1 aliphatic carbocycles. The highest BCUT2D eigenvalue weighted by atomic mass is 35.5. The number of amides is 1. The van der Waals surface area contributed by atoms with Crippen molar-refractivity contribution in [3.05, 3.63) is 46.7 Å². The average molecular weight is 438 g/mol. The highest BCUT2D eigenvalue weighted by Gasteiger charge is 2.33. The number of carbonyl (C=O) groups excluding carboxylic acids is 1. The van der Waals surface area contributed by atoms with Gasteiger partial charge in [-0.15, -0.1) is 0 Å². The van der Waals surface area contributed by atoms with Crippen LogP contribution in [0.2, 0.25) is 5.15 Å². The smallest absolute Gasteiger partial charge is 0.238 e. The molecule has 1 aromatic carbocycles. The summed E-state index contributed by atoms with van der Waals surface area (Å²) in [5.74, 6) is -0.393. The molecule has 3 unspecified atom stereocenters. The molecule has 1 saturated carbocycles. The third-order valence-corrected chi connectivity index (χ3v) is 8.19. The Balaban J connectivity index is 1.76. The van der Waals surface area contributed by atoms with E-state index in [0.717, 1.165) is 31.4 Å². The largest absolute Gasteiger partial charge is 0.352 e. The maximum atomic E-state index is 13.0. The lowest BCUT2D eigenvalue weighted by molar-refractivity contribution is -0.121. The predicted octanol–water partition coefficient (Wildman–Crippen LogP) is 3.83. The van der Waals surface area contributed by atoms with Gasteiger partial charge in [-0.3, -0.25) is 4.79 Å². The number of aromatic nitrogens is 2. The normalized spacial score (nSPS) is 21.0. The minimum atomic E-state index is -3.74. The Kier molecular flexibility index (Phi) is 6.69. The molecule has 8 heteroatoms. The van der Waals surface area contributed by atoms with Crippen LogP contribution in [0.25, 0.3) is 5.69 Å². The van der Waals surface area contributed by atoms with Crippen molar-refractivity contribution in [1.82, 2.24) is 15.1 Å². The zero-order valence-corrected chi connectivity index (χ0v) is 18.6. The highest BCUT2D eigenvalue weighted by molar-refractivity contribution is 7.92. The summed E-state index contributed by atoms with van der Waals surface area (Å²) < 4.78 is 27.4. The van der Waals surface area contributed by atoms with Gasteiger partial charge in [0.15, 0.2) is 9.84 Å². The number of carbonyl (C=O) groups is 1. The number of hydrogen-bond acceptors (Lipinski definition) is 4. The average Bonchev–Trinajstić information content (AvgIpc) is 2.97. The quantitative estimate of drug-likeness (QED) is 0.744.